The summed E-state index contributed by atoms with van der Waals surface area (Å²) in [6, 6.07) is 0.851. The van der Waals surface area contributed by atoms with Crippen LogP contribution in [0.15, 0.2) is 12.2 Å². The minimum absolute atomic E-state index is 0.0185. The lowest BCUT2D eigenvalue weighted by atomic mass is 9.94. The average molecular weight is 284 g/mol. The number of carbonyl (C=O) groups is 1. The molecule has 2 bridgehead atoms. The summed E-state index contributed by atoms with van der Waals surface area (Å²) in [5.74, 6) is 1.12. The van der Waals surface area contributed by atoms with E-state index < -0.39 is 8.56 Å². The number of hydrogen-bond donors (Lipinski definition) is 0. The Morgan fingerprint density at radius 1 is 1.26 bits per heavy atom. The van der Waals surface area contributed by atoms with Crippen LogP contribution in [0, 0.1) is 17.8 Å². The van der Waals surface area contributed by atoms with Gasteiger partial charge < -0.3 is 13.6 Å². The highest BCUT2D eigenvalue weighted by Gasteiger charge is 2.40. The fraction of sp³-hybridized carbons (Fsp3) is 0.786. The number of hydrogen-bond acceptors (Lipinski definition) is 4. The Morgan fingerprint density at radius 2 is 2.00 bits per heavy atom. The molecule has 0 heterocycles. The van der Waals surface area contributed by atoms with Crippen molar-refractivity contribution in [2.45, 2.75) is 31.9 Å². The average Bonchev–Trinajstić information content (AvgIpc) is 3.05. The smallest absolute Gasteiger partial charge is 0.334 e. The fourth-order valence-corrected chi connectivity index (χ4v) is 4.37. The summed E-state index contributed by atoms with van der Waals surface area (Å²) in [5, 5.41) is 0. The largest absolute Gasteiger partial charge is 0.465 e. The van der Waals surface area contributed by atoms with Crippen LogP contribution in [0.2, 0.25) is 12.6 Å². The first-order valence-corrected chi connectivity index (χ1v) is 9.55. The predicted octanol–water partition coefficient (Wildman–Crippen LogP) is 2.50. The van der Waals surface area contributed by atoms with E-state index in [1.54, 1.807) is 14.2 Å². The first-order valence-electron chi connectivity index (χ1n) is 7.03. The summed E-state index contributed by atoms with van der Waals surface area (Å²) in [7, 11) is 1.35. The maximum absolute atomic E-state index is 12.0. The molecular formula is C14H24O4Si. The van der Waals surface area contributed by atoms with E-state index in [2.05, 4.69) is 12.2 Å². The van der Waals surface area contributed by atoms with Gasteiger partial charge in [0.05, 0.1) is 12.5 Å². The molecule has 3 atom stereocenters. The third-order valence-electron chi connectivity index (χ3n) is 4.46. The molecule has 0 saturated heterocycles. The fourth-order valence-electron chi connectivity index (χ4n) is 3.01. The van der Waals surface area contributed by atoms with Crippen LogP contribution in [0.1, 0.15) is 19.3 Å². The van der Waals surface area contributed by atoms with E-state index in [0.717, 1.165) is 25.3 Å². The Balaban J connectivity index is 1.66. The van der Waals surface area contributed by atoms with Gasteiger partial charge in [0.25, 0.3) is 0 Å². The third kappa shape index (κ3) is 3.46. The summed E-state index contributed by atoms with van der Waals surface area (Å²) in [4.78, 5) is 12.0. The molecular weight excluding hydrogens is 260 g/mol. The van der Waals surface area contributed by atoms with Crippen molar-refractivity contribution in [1.29, 1.82) is 0 Å². The van der Waals surface area contributed by atoms with Crippen LogP contribution in [0.5, 0.6) is 0 Å². The van der Waals surface area contributed by atoms with Gasteiger partial charge in [-0.2, -0.15) is 0 Å². The summed E-state index contributed by atoms with van der Waals surface area (Å²) in [6.45, 7) is 2.50. The van der Waals surface area contributed by atoms with Crippen LogP contribution in [0.25, 0.3) is 0 Å². The van der Waals surface area contributed by atoms with Gasteiger partial charge in [0.2, 0.25) is 0 Å². The first kappa shape index (κ1) is 14.7. The second-order valence-corrected chi connectivity index (χ2v) is 9.28. The first-order chi connectivity index (χ1) is 9.08. The van der Waals surface area contributed by atoms with Crippen LogP contribution in [-0.2, 0) is 18.4 Å². The van der Waals surface area contributed by atoms with Crippen molar-refractivity contribution >= 4 is 14.5 Å². The van der Waals surface area contributed by atoms with E-state index >= 15 is 0 Å². The van der Waals surface area contributed by atoms with E-state index in [9.17, 15) is 4.79 Å². The summed E-state index contributed by atoms with van der Waals surface area (Å²) >= 11 is 0. The standard InChI is InChI=1S/C14H24O4Si/c1-16-19(3,17-2)8-4-7-18-14(15)13-10-11-5-6-12(13)9-11/h5-6,11-13H,4,7-10H2,1-3H3. The normalized spacial score (nSPS) is 28.9. The molecule has 0 spiro atoms. The highest BCUT2D eigenvalue weighted by Crippen LogP contribution is 2.43. The highest BCUT2D eigenvalue weighted by atomic mass is 28.4. The Labute approximate surface area is 116 Å². The molecule has 0 aliphatic heterocycles. The van der Waals surface area contributed by atoms with Gasteiger partial charge in [-0.05, 0) is 43.7 Å². The monoisotopic (exact) mass is 284 g/mol. The molecule has 1 saturated carbocycles. The SMILES string of the molecule is CO[Si](C)(CCCOC(=O)C1CC2C=CC1C2)OC. The zero-order valence-corrected chi connectivity index (χ0v) is 13.1. The Morgan fingerprint density at radius 3 is 2.53 bits per heavy atom. The molecule has 4 nitrogen and oxygen atoms in total. The number of carbonyl (C=O) groups excluding carboxylic acids is 1. The molecule has 0 aromatic rings. The van der Waals surface area contributed by atoms with Crippen molar-refractivity contribution in [3.05, 3.63) is 12.2 Å². The Hall–Kier alpha value is -0.653. The molecule has 0 aromatic carbocycles. The van der Waals surface area contributed by atoms with Crippen molar-refractivity contribution in [2.75, 3.05) is 20.8 Å². The van der Waals surface area contributed by atoms with Crippen LogP contribution < -0.4 is 0 Å². The Kier molecular flexibility index (Phi) is 4.81. The van der Waals surface area contributed by atoms with Gasteiger partial charge in [0, 0.05) is 14.2 Å². The lowest BCUT2D eigenvalue weighted by molar-refractivity contribution is -0.149. The van der Waals surface area contributed by atoms with E-state index in [4.69, 9.17) is 13.6 Å². The summed E-state index contributed by atoms with van der Waals surface area (Å²) in [6.07, 6.45) is 7.34. The zero-order chi connectivity index (χ0) is 13.9. The molecule has 2 aliphatic carbocycles. The molecule has 5 heteroatoms. The second kappa shape index (κ2) is 6.20. The number of esters is 1. The van der Waals surface area contributed by atoms with E-state index in [1.807, 2.05) is 6.55 Å². The number of allylic oxidation sites excluding steroid dienone is 2. The van der Waals surface area contributed by atoms with Gasteiger partial charge >= 0.3 is 14.5 Å². The summed E-state index contributed by atoms with van der Waals surface area (Å²) < 4.78 is 16.2. The molecule has 0 N–H and O–H groups in total. The second-order valence-electron chi connectivity index (χ2n) is 5.70. The van der Waals surface area contributed by atoms with Crippen LogP contribution >= 0.6 is 0 Å². The maximum Gasteiger partial charge on any atom is 0.334 e. The van der Waals surface area contributed by atoms with Gasteiger partial charge in [0.15, 0.2) is 0 Å². The van der Waals surface area contributed by atoms with Crippen LogP contribution in [0.4, 0.5) is 0 Å². The van der Waals surface area contributed by atoms with Gasteiger partial charge in [-0.3, -0.25) is 4.79 Å². The molecule has 0 radical (unpaired) electrons. The van der Waals surface area contributed by atoms with Gasteiger partial charge in [-0.1, -0.05) is 12.2 Å². The predicted molar refractivity (Wildman–Crippen MR) is 74.9 cm³/mol. The van der Waals surface area contributed by atoms with E-state index in [0.29, 0.717) is 18.4 Å². The number of fused-ring (bicyclic) bond motifs is 2. The molecule has 2 rings (SSSR count). The lowest BCUT2D eigenvalue weighted by Gasteiger charge is -2.22. The van der Waals surface area contributed by atoms with Crippen molar-refractivity contribution in [3.8, 4) is 0 Å². The zero-order valence-electron chi connectivity index (χ0n) is 12.1. The van der Waals surface area contributed by atoms with Gasteiger partial charge in [-0.15, -0.1) is 0 Å². The molecule has 108 valence electrons. The van der Waals surface area contributed by atoms with E-state index in [1.165, 1.54) is 0 Å². The van der Waals surface area contributed by atoms with Crippen molar-refractivity contribution < 1.29 is 18.4 Å². The van der Waals surface area contributed by atoms with Gasteiger partial charge in [0.1, 0.15) is 0 Å². The molecule has 1 fully saturated rings. The maximum atomic E-state index is 12.0. The van der Waals surface area contributed by atoms with Crippen molar-refractivity contribution in [1.82, 2.24) is 0 Å². The lowest BCUT2D eigenvalue weighted by Crippen LogP contribution is -2.36. The highest BCUT2D eigenvalue weighted by molar-refractivity contribution is 6.65. The molecule has 0 aromatic heterocycles. The van der Waals surface area contributed by atoms with E-state index in [-0.39, 0.29) is 11.9 Å². The molecule has 0 amide bonds. The topological polar surface area (TPSA) is 44.8 Å². The molecule has 3 unspecified atom stereocenters. The third-order valence-corrected chi connectivity index (χ3v) is 7.45. The van der Waals surface area contributed by atoms with Crippen LogP contribution in [-0.4, -0.2) is 35.4 Å². The van der Waals surface area contributed by atoms with Crippen molar-refractivity contribution in [3.63, 3.8) is 0 Å². The summed E-state index contributed by atoms with van der Waals surface area (Å²) in [5.41, 5.74) is 0. The minimum atomic E-state index is -2.02. The van der Waals surface area contributed by atoms with Crippen LogP contribution in [0.3, 0.4) is 0 Å². The molecule has 2 aliphatic rings. The van der Waals surface area contributed by atoms with Crippen molar-refractivity contribution in [2.24, 2.45) is 17.8 Å². The number of ether oxygens (including phenoxy) is 1. The number of rotatable bonds is 7. The minimum Gasteiger partial charge on any atom is -0.465 e. The Bertz CT molecular complexity index is 351. The molecule has 19 heavy (non-hydrogen) atoms. The van der Waals surface area contributed by atoms with Gasteiger partial charge in [-0.25, -0.2) is 0 Å². The quantitative estimate of drug-likeness (QED) is 0.312.